The van der Waals surface area contributed by atoms with Gasteiger partial charge in [-0.2, -0.15) is 0 Å². The molecule has 2 heterocycles. The lowest BCUT2D eigenvalue weighted by atomic mass is 10.0. The second-order valence-electron chi connectivity index (χ2n) is 3.76. The van der Waals surface area contributed by atoms with Gasteiger partial charge in [-0.15, -0.1) is 0 Å². The maximum Gasteiger partial charge on any atom is 0.0233 e. The fraction of sp³-hybridized carbons (Fsp3) is 1.00. The van der Waals surface area contributed by atoms with E-state index < -0.39 is 0 Å². The van der Waals surface area contributed by atoms with Gasteiger partial charge in [-0.3, -0.25) is 0 Å². The Morgan fingerprint density at radius 3 is 2.00 bits per heavy atom. The minimum Gasteiger partial charge on any atom is -0.312 e. The van der Waals surface area contributed by atoms with Crippen molar-refractivity contribution in [3.8, 4) is 0 Å². The molecule has 0 spiro atoms. The first-order valence-electron chi connectivity index (χ1n) is 6.35. The highest BCUT2D eigenvalue weighted by Crippen LogP contribution is 2.15. The Morgan fingerprint density at radius 2 is 1.43 bits per heavy atom. The van der Waals surface area contributed by atoms with Crippen LogP contribution in [0, 0.1) is 0 Å². The molecule has 0 aliphatic carbocycles. The van der Waals surface area contributed by atoms with Crippen molar-refractivity contribution in [3.63, 3.8) is 0 Å². The standard InChI is InChI=1S/C7H14N2.C3H8.C2H6/c1-2-6-7(8-4-1)3-5-9-6;1-3-2;1-2/h6-9H,1-5H2;3H2,1-2H3;1-2H3. The molecular weight excluding hydrogens is 172 g/mol. The lowest BCUT2D eigenvalue weighted by Gasteiger charge is -2.25. The van der Waals surface area contributed by atoms with Gasteiger partial charge >= 0.3 is 0 Å². The van der Waals surface area contributed by atoms with Crippen LogP contribution in [0.4, 0.5) is 0 Å². The molecule has 14 heavy (non-hydrogen) atoms. The average molecular weight is 200 g/mol. The van der Waals surface area contributed by atoms with E-state index in [1.165, 1.54) is 38.8 Å². The smallest absolute Gasteiger partial charge is 0.0233 e. The average Bonchev–Trinajstić information content (AvgIpc) is 2.69. The van der Waals surface area contributed by atoms with Crippen LogP contribution < -0.4 is 10.6 Å². The third-order valence-electron chi connectivity index (χ3n) is 2.45. The zero-order valence-electron chi connectivity index (χ0n) is 10.4. The molecule has 2 N–H and O–H groups in total. The molecule has 0 bridgehead atoms. The lowest BCUT2D eigenvalue weighted by Crippen LogP contribution is -2.45. The molecule has 0 aromatic heterocycles. The summed E-state index contributed by atoms with van der Waals surface area (Å²) in [6, 6.07) is 1.61. The first kappa shape index (κ1) is 13.9. The van der Waals surface area contributed by atoms with Gasteiger partial charge < -0.3 is 10.6 Å². The summed E-state index contributed by atoms with van der Waals surface area (Å²) in [5.41, 5.74) is 0. The molecule has 2 rings (SSSR count). The highest BCUT2D eigenvalue weighted by molar-refractivity contribution is 4.91. The van der Waals surface area contributed by atoms with Gasteiger partial charge in [0.1, 0.15) is 0 Å². The Labute approximate surface area is 89.9 Å². The van der Waals surface area contributed by atoms with E-state index in [1.807, 2.05) is 13.8 Å². The third kappa shape index (κ3) is 4.97. The third-order valence-corrected chi connectivity index (χ3v) is 2.45. The first-order chi connectivity index (χ1) is 6.88. The fourth-order valence-electron chi connectivity index (χ4n) is 1.92. The van der Waals surface area contributed by atoms with Crippen LogP contribution in [0.2, 0.25) is 0 Å². The molecule has 0 saturated carbocycles. The van der Waals surface area contributed by atoms with Crippen LogP contribution in [-0.2, 0) is 0 Å². The van der Waals surface area contributed by atoms with Crippen LogP contribution in [0.25, 0.3) is 0 Å². The molecule has 2 atom stereocenters. The number of rotatable bonds is 0. The molecule has 0 aromatic rings. The Kier molecular flexibility index (Phi) is 9.42. The molecule has 0 radical (unpaired) electrons. The number of fused-ring (bicyclic) bond motifs is 1. The predicted molar refractivity (Wildman–Crippen MR) is 64.7 cm³/mol. The molecule has 2 fully saturated rings. The minimum atomic E-state index is 0.804. The molecular formula is C12H28N2. The number of hydrogen-bond donors (Lipinski definition) is 2. The summed E-state index contributed by atoms with van der Waals surface area (Å²) in [6.07, 6.45) is 5.33. The van der Waals surface area contributed by atoms with Crippen LogP contribution >= 0.6 is 0 Å². The van der Waals surface area contributed by atoms with Crippen LogP contribution in [-0.4, -0.2) is 25.2 Å². The van der Waals surface area contributed by atoms with E-state index in [1.54, 1.807) is 0 Å². The molecule has 2 unspecified atom stereocenters. The van der Waals surface area contributed by atoms with Crippen LogP contribution in [0.5, 0.6) is 0 Å². The summed E-state index contributed by atoms with van der Waals surface area (Å²) < 4.78 is 0. The molecule has 2 aliphatic rings. The van der Waals surface area contributed by atoms with Crippen LogP contribution in [0.1, 0.15) is 53.4 Å². The van der Waals surface area contributed by atoms with Gasteiger partial charge in [-0.1, -0.05) is 34.1 Å². The summed E-state index contributed by atoms with van der Waals surface area (Å²) >= 11 is 0. The zero-order chi connectivity index (χ0) is 10.8. The van der Waals surface area contributed by atoms with E-state index in [4.69, 9.17) is 0 Å². The number of nitrogens with one attached hydrogen (secondary N) is 2. The lowest BCUT2D eigenvalue weighted by molar-refractivity contribution is 0.365. The van der Waals surface area contributed by atoms with E-state index in [-0.39, 0.29) is 0 Å². The maximum absolute atomic E-state index is 3.52. The van der Waals surface area contributed by atoms with Gasteiger partial charge in [0.2, 0.25) is 0 Å². The van der Waals surface area contributed by atoms with Gasteiger partial charge in [0.25, 0.3) is 0 Å². The van der Waals surface area contributed by atoms with Gasteiger partial charge in [-0.05, 0) is 32.4 Å². The summed E-state index contributed by atoms with van der Waals surface area (Å²) in [5.74, 6) is 0. The zero-order valence-corrected chi connectivity index (χ0v) is 10.4. The van der Waals surface area contributed by atoms with Crippen molar-refractivity contribution in [2.24, 2.45) is 0 Å². The van der Waals surface area contributed by atoms with E-state index in [9.17, 15) is 0 Å². The molecule has 2 aliphatic heterocycles. The topological polar surface area (TPSA) is 24.1 Å². The minimum absolute atomic E-state index is 0.804. The van der Waals surface area contributed by atoms with E-state index in [0.717, 1.165) is 12.1 Å². The highest BCUT2D eigenvalue weighted by atomic mass is 15.1. The fourth-order valence-corrected chi connectivity index (χ4v) is 1.92. The Hall–Kier alpha value is -0.0800. The second-order valence-corrected chi connectivity index (χ2v) is 3.76. The largest absolute Gasteiger partial charge is 0.312 e. The van der Waals surface area contributed by atoms with Crippen molar-refractivity contribution in [2.45, 2.75) is 65.5 Å². The summed E-state index contributed by atoms with van der Waals surface area (Å²) in [7, 11) is 0. The van der Waals surface area contributed by atoms with Crippen LogP contribution in [0.15, 0.2) is 0 Å². The quantitative estimate of drug-likeness (QED) is 0.628. The van der Waals surface area contributed by atoms with Crippen molar-refractivity contribution < 1.29 is 0 Å². The molecule has 0 amide bonds. The maximum atomic E-state index is 3.52. The van der Waals surface area contributed by atoms with E-state index in [2.05, 4.69) is 24.5 Å². The van der Waals surface area contributed by atoms with Crippen LogP contribution in [0.3, 0.4) is 0 Å². The number of piperidine rings is 1. The Morgan fingerprint density at radius 1 is 0.929 bits per heavy atom. The molecule has 86 valence electrons. The van der Waals surface area contributed by atoms with Crippen molar-refractivity contribution in [1.82, 2.24) is 10.6 Å². The van der Waals surface area contributed by atoms with E-state index >= 15 is 0 Å². The molecule has 2 nitrogen and oxygen atoms in total. The molecule has 0 aromatic carbocycles. The van der Waals surface area contributed by atoms with Gasteiger partial charge in [-0.25, -0.2) is 0 Å². The van der Waals surface area contributed by atoms with Crippen molar-refractivity contribution in [3.05, 3.63) is 0 Å². The monoisotopic (exact) mass is 200 g/mol. The van der Waals surface area contributed by atoms with Gasteiger partial charge in [0.05, 0.1) is 0 Å². The molecule has 2 saturated heterocycles. The van der Waals surface area contributed by atoms with Gasteiger partial charge in [0, 0.05) is 12.1 Å². The Bertz CT molecular complexity index is 103. The van der Waals surface area contributed by atoms with Crippen molar-refractivity contribution >= 4 is 0 Å². The SMILES string of the molecule is C1CNC2CCNC2C1.CC.CCC. The normalized spacial score (nSPS) is 29.1. The second kappa shape index (κ2) is 9.47. The summed E-state index contributed by atoms with van der Waals surface area (Å²) in [6.45, 7) is 10.7. The number of hydrogen-bond acceptors (Lipinski definition) is 2. The first-order valence-corrected chi connectivity index (χ1v) is 6.35. The summed E-state index contributed by atoms with van der Waals surface area (Å²) in [5, 5.41) is 7.01. The Balaban J connectivity index is 0.000000294. The van der Waals surface area contributed by atoms with E-state index in [0.29, 0.717) is 0 Å². The molecule has 2 heteroatoms. The predicted octanol–water partition coefficient (Wildman–Crippen LogP) is 2.54. The van der Waals surface area contributed by atoms with Crippen molar-refractivity contribution in [1.29, 1.82) is 0 Å². The highest BCUT2D eigenvalue weighted by Gasteiger charge is 2.28. The van der Waals surface area contributed by atoms with Crippen molar-refractivity contribution in [2.75, 3.05) is 13.1 Å². The summed E-state index contributed by atoms with van der Waals surface area (Å²) in [4.78, 5) is 0. The van der Waals surface area contributed by atoms with Gasteiger partial charge in [0.15, 0.2) is 0 Å².